The van der Waals surface area contributed by atoms with E-state index in [1.165, 1.54) is 63.5 Å². The monoisotopic (exact) mass is 500 g/mol. The summed E-state index contributed by atoms with van der Waals surface area (Å²) in [6.45, 7) is 2.23. The second-order valence-electron chi connectivity index (χ2n) is 8.40. The molecule has 0 aliphatic heterocycles. The van der Waals surface area contributed by atoms with E-state index in [1.807, 2.05) is 6.07 Å². The Balaban J connectivity index is 0.00000544. The van der Waals surface area contributed by atoms with Gasteiger partial charge in [-0.05, 0) is 36.6 Å². The van der Waals surface area contributed by atoms with E-state index in [1.54, 1.807) is 24.3 Å². The predicted octanol–water partition coefficient (Wildman–Crippen LogP) is 4.05. The van der Waals surface area contributed by atoms with E-state index in [9.17, 15) is 18.1 Å². The van der Waals surface area contributed by atoms with Gasteiger partial charge in [0.1, 0.15) is 16.4 Å². The van der Waals surface area contributed by atoms with Gasteiger partial charge in [0.05, 0.1) is 0 Å². The maximum Gasteiger partial charge on any atom is 1.00 e. The molecule has 0 aliphatic rings. The quantitative estimate of drug-likeness (QED) is 0.213. The zero-order valence-electron chi connectivity index (χ0n) is 20.2. The molecule has 2 rings (SSSR count). The summed E-state index contributed by atoms with van der Waals surface area (Å²) < 4.78 is 39.6. The van der Waals surface area contributed by atoms with Crippen LogP contribution in [0.2, 0.25) is 0 Å². The van der Waals surface area contributed by atoms with E-state index in [0.717, 1.165) is 19.3 Å². The van der Waals surface area contributed by atoms with Crippen LogP contribution in [0.15, 0.2) is 47.4 Å². The molecule has 5 nitrogen and oxygen atoms in total. The minimum absolute atomic E-state index is 0. The van der Waals surface area contributed by atoms with E-state index in [-0.39, 0.29) is 68.4 Å². The summed E-state index contributed by atoms with van der Waals surface area (Å²) in [6, 6.07) is 11.3. The Morgan fingerprint density at radius 2 is 1.30 bits per heavy atom. The van der Waals surface area contributed by atoms with Gasteiger partial charge in [0, 0.05) is 0 Å². The first-order chi connectivity index (χ1) is 15.4. The summed E-state index contributed by atoms with van der Waals surface area (Å²) in [7, 11) is -4.60. The van der Waals surface area contributed by atoms with Crippen molar-refractivity contribution in [2.24, 2.45) is 0 Å². The Morgan fingerprint density at radius 3 is 1.82 bits per heavy atom. The molecule has 0 bridgehead atoms. The standard InChI is InChI=1S/C26H38O5S.K/c1-2-3-4-5-6-7-8-9-10-11-12-16-19-23-24(27)20-21-25(26(23)32(28,29)30)31-22-17-14-13-15-18-22;/h13-15,17-18,20-21,27H,2-12,16,19H2,1H3,(H,28,29,30);/q;+1/p-1. The van der Waals surface area contributed by atoms with Gasteiger partial charge in [-0.3, -0.25) is 4.55 Å². The Labute approximate surface area is 242 Å². The maximum atomic E-state index is 12.4. The van der Waals surface area contributed by atoms with Crippen molar-refractivity contribution in [3.8, 4) is 17.2 Å². The molecule has 2 aromatic carbocycles. The summed E-state index contributed by atoms with van der Waals surface area (Å²) in [5.74, 6) is 0.0284. The predicted molar refractivity (Wildman–Crippen MR) is 127 cm³/mol. The average molecular weight is 501 g/mol. The van der Waals surface area contributed by atoms with Crippen molar-refractivity contribution in [1.29, 1.82) is 0 Å². The second kappa shape index (κ2) is 17.1. The number of ether oxygens (including phenoxy) is 1. The third-order valence-corrected chi connectivity index (χ3v) is 6.65. The topological polar surface area (TPSA) is 86.7 Å². The summed E-state index contributed by atoms with van der Waals surface area (Å²) in [4.78, 5) is -0.406. The molecule has 0 heterocycles. The van der Waals surface area contributed by atoms with Crippen LogP contribution in [0.5, 0.6) is 17.2 Å². The van der Waals surface area contributed by atoms with Crippen LogP contribution in [0, 0.1) is 0 Å². The van der Waals surface area contributed by atoms with E-state index in [2.05, 4.69) is 6.92 Å². The Morgan fingerprint density at radius 1 is 0.788 bits per heavy atom. The van der Waals surface area contributed by atoms with Crippen LogP contribution in [-0.4, -0.2) is 13.0 Å². The summed E-state index contributed by atoms with van der Waals surface area (Å²) in [5.41, 5.74) is 0.105. The van der Waals surface area contributed by atoms with Crippen LogP contribution in [0.4, 0.5) is 0 Å². The number of para-hydroxylation sites is 1. The molecule has 33 heavy (non-hydrogen) atoms. The molecule has 1 N–H and O–H groups in total. The molecular weight excluding hydrogens is 463 g/mol. The Hall–Kier alpha value is -0.414. The normalized spacial score (nSPS) is 11.2. The minimum Gasteiger partial charge on any atom is -0.872 e. The number of hydrogen-bond donors (Lipinski definition) is 1. The summed E-state index contributed by atoms with van der Waals surface area (Å²) >= 11 is 0. The van der Waals surface area contributed by atoms with Crippen molar-refractivity contribution in [2.75, 3.05) is 0 Å². The fraction of sp³-hybridized carbons (Fsp3) is 0.538. The fourth-order valence-electron chi connectivity index (χ4n) is 3.95. The molecular formula is C26H37KO5S. The van der Waals surface area contributed by atoms with Gasteiger partial charge < -0.3 is 9.84 Å². The van der Waals surface area contributed by atoms with Crippen molar-refractivity contribution >= 4 is 10.1 Å². The van der Waals surface area contributed by atoms with Gasteiger partial charge in [-0.25, -0.2) is 0 Å². The number of unbranched alkanes of at least 4 members (excludes halogenated alkanes) is 11. The van der Waals surface area contributed by atoms with Crippen LogP contribution in [-0.2, 0) is 16.5 Å². The molecule has 7 heteroatoms. The van der Waals surface area contributed by atoms with Crippen molar-refractivity contribution in [2.45, 2.75) is 95.3 Å². The third-order valence-electron chi connectivity index (χ3n) is 5.69. The van der Waals surface area contributed by atoms with Gasteiger partial charge in [0.25, 0.3) is 10.1 Å². The largest absolute Gasteiger partial charge is 1.00 e. The van der Waals surface area contributed by atoms with E-state index >= 15 is 0 Å². The molecule has 0 aliphatic carbocycles. The Kier molecular flexibility index (Phi) is 15.9. The fourth-order valence-corrected chi connectivity index (χ4v) is 4.82. The van der Waals surface area contributed by atoms with Crippen LogP contribution < -0.4 is 61.2 Å². The molecule has 0 saturated carbocycles. The zero-order valence-corrected chi connectivity index (χ0v) is 24.2. The molecule has 0 radical (unpaired) electrons. The van der Waals surface area contributed by atoms with Crippen LogP contribution in [0.25, 0.3) is 0 Å². The maximum absolute atomic E-state index is 12.4. The third kappa shape index (κ3) is 11.7. The number of hydrogen-bond acceptors (Lipinski definition) is 4. The van der Waals surface area contributed by atoms with Crippen molar-refractivity contribution in [3.05, 3.63) is 48.0 Å². The van der Waals surface area contributed by atoms with Crippen molar-refractivity contribution < 1.29 is 74.2 Å². The first-order valence-corrected chi connectivity index (χ1v) is 13.4. The van der Waals surface area contributed by atoms with Gasteiger partial charge in [-0.15, -0.1) is 5.75 Å². The van der Waals surface area contributed by atoms with E-state index in [0.29, 0.717) is 18.6 Å². The summed E-state index contributed by atoms with van der Waals surface area (Å²) in [6.07, 6.45) is 14.6. The first kappa shape index (κ1) is 30.6. The molecule has 0 fully saturated rings. The molecule has 0 saturated heterocycles. The molecule has 0 spiro atoms. The molecule has 0 amide bonds. The Bertz CT molecular complexity index is 900. The van der Waals surface area contributed by atoms with Gasteiger partial charge in [0.15, 0.2) is 0 Å². The van der Waals surface area contributed by atoms with Crippen LogP contribution in [0.1, 0.15) is 89.5 Å². The molecule has 0 aromatic heterocycles. The van der Waals surface area contributed by atoms with Crippen molar-refractivity contribution in [1.82, 2.24) is 0 Å². The molecule has 2 aromatic rings. The number of benzene rings is 2. The second-order valence-corrected chi connectivity index (χ2v) is 9.76. The van der Waals surface area contributed by atoms with Gasteiger partial charge in [-0.1, -0.05) is 102 Å². The van der Waals surface area contributed by atoms with Gasteiger partial charge >= 0.3 is 51.4 Å². The van der Waals surface area contributed by atoms with Crippen molar-refractivity contribution in [3.63, 3.8) is 0 Å². The van der Waals surface area contributed by atoms with E-state index < -0.39 is 15.0 Å². The van der Waals surface area contributed by atoms with E-state index in [4.69, 9.17) is 4.74 Å². The van der Waals surface area contributed by atoms with Crippen LogP contribution >= 0.6 is 0 Å². The zero-order chi connectivity index (χ0) is 23.2. The SMILES string of the molecule is CCCCCCCCCCCCCCc1c([O-])ccc(Oc2ccccc2)c1S(=O)(=O)O.[K+]. The minimum atomic E-state index is -4.60. The summed E-state index contributed by atoms with van der Waals surface area (Å²) in [5, 5.41) is 12.4. The van der Waals surface area contributed by atoms with Gasteiger partial charge in [-0.2, -0.15) is 8.42 Å². The van der Waals surface area contributed by atoms with Crippen LogP contribution in [0.3, 0.4) is 0 Å². The number of rotatable bonds is 16. The molecule has 178 valence electrons. The van der Waals surface area contributed by atoms with Gasteiger partial charge in [0.2, 0.25) is 0 Å². The first-order valence-electron chi connectivity index (χ1n) is 12.0. The smallest absolute Gasteiger partial charge is 0.872 e. The molecule has 0 atom stereocenters. The molecule has 0 unspecified atom stereocenters. The average Bonchev–Trinajstić information content (AvgIpc) is 2.76.